The molecule has 0 saturated carbocycles. The quantitative estimate of drug-likeness (QED) is 0.905. The summed E-state index contributed by atoms with van der Waals surface area (Å²) in [6, 6.07) is 5.48. The number of ether oxygens (including phenoxy) is 1. The second-order valence-corrected chi connectivity index (χ2v) is 4.66. The fourth-order valence-electron chi connectivity index (χ4n) is 1.52. The number of hydrogen-bond acceptors (Lipinski definition) is 2. The standard InChI is InChI=1S/C11H11BrClNO/c12-8-6-7(3-4-9(8)13)11(14)10-2-1-5-15-10/h2-4,6,11H,1,5,14H2. The molecular formula is C11H11BrClNO. The molecule has 15 heavy (non-hydrogen) atoms. The van der Waals surface area contributed by atoms with Crippen LogP contribution in [0.5, 0.6) is 0 Å². The Morgan fingerprint density at radius 2 is 2.27 bits per heavy atom. The predicted molar refractivity (Wildman–Crippen MR) is 64.7 cm³/mol. The highest BCUT2D eigenvalue weighted by Gasteiger charge is 2.17. The molecule has 1 atom stereocenters. The molecule has 2 nitrogen and oxygen atoms in total. The number of benzene rings is 1. The van der Waals surface area contributed by atoms with Gasteiger partial charge in [-0.05, 0) is 39.7 Å². The largest absolute Gasteiger partial charge is 0.496 e. The van der Waals surface area contributed by atoms with Gasteiger partial charge in [-0.1, -0.05) is 17.7 Å². The van der Waals surface area contributed by atoms with Crippen molar-refractivity contribution in [2.75, 3.05) is 6.61 Å². The van der Waals surface area contributed by atoms with Crippen molar-refractivity contribution in [3.8, 4) is 0 Å². The molecule has 1 aliphatic rings. The second-order valence-electron chi connectivity index (χ2n) is 3.39. The lowest BCUT2D eigenvalue weighted by Gasteiger charge is -2.14. The molecule has 0 saturated heterocycles. The van der Waals surface area contributed by atoms with E-state index in [2.05, 4.69) is 15.9 Å². The molecule has 0 bridgehead atoms. The summed E-state index contributed by atoms with van der Waals surface area (Å²) in [5.74, 6) is 0.851. The monoisotopic (exact) mass is 287 g/mol. The highest BCUT2D eigenvalue weighted by Crippen LogP contribution is 2.29. The first-order chi connectivity index (χ1) is 7.18. The minimum atomic E-state index is -0.193. The van der Waals surface area contributed by atoms with Gasteiger partial charge in [-0.3, -0.25) is 0 Å². The van der Waals surface area contributed by atoms with E-state index in [1.807, 2.05) is 24.3 Å². The molecular weight excluding hydrogens is 277 g/mol. The molecule has 0 amide bonds. The molecule has 0 fully saturated rings. The molecule has 1 unspecified atom stereocenters. The van der Waals surface area contributed by atoms with Gasteiger partial charge in [0.25, 0.3) is 0 Å². The predicted octanol–water partition coefficient (Wildman–Crippen LogP) is 3.41. The van der Waals surface area contributed by atoms with Gasteiger partial charge in [0.05, 0.1) is 17.7 Å². The summed E-state index contributed by atoms with van der Waals surface area (Å²) in [5, 5.41) is 0.687. The van der Waals surface area contributed by atoms with Crippen LogP contribution in [-0.4, -0.2) is 6.61 Å². The van der Waals surface area contributed by atoms with E-state index < -0.39 is 0 Å². The van der Waals surface area contributed by atoms with Gasteiger partial charge in [0.2, 0.25) is 0 Å². The van der Waals surface area contributed by atoms with Crippen LogP contribution in [0, 0.1) is 0 Å². The summed E-state index contributed by atoms with van der Waals surface area (Å²) < 4.78 is 6.28. The van der Waals surface area contributed by atoms with Crippen LogP contribution >= 0.6 is 27.5 Å². The first kappa shape index (κ1) is 11.0. The maximum Gasteiger partial charge on any atom is 0.113 e. The van der Waals surface area contributed by atoms with E-state index >= 15 is 0 Å². The Morgan fingerprint density at radius 3 is 2.87 bits per heavy atom. The zero-order chi connectivity index (χ0) is 10.8. The molecule has 80 valence electrons. The van der Waals surface area contributed by atoms with Crippen molar-refractivity contribution in [2.24, 2.45) is 5.73 Å². The molecule has 1 aromatic carbocycles. The maximum atomic E-state index is 6.06. The number of rotatable bonds is 2. The van der Waals surface area contributed by atoms with Gasteiger partial charge in [-0.15, -0.1) is 0 Å². The van der Waals surface area contributed by atoms with E-state index in [1.54, 1.807) is 0 Å². The van der Waals surface area contributed by atoms with Crippen LogP contribution in [0.2, 0.25) is 5.02 Å². The molecule has 0 spiro atoms. The van der Waals surface area contributed by atoms with Crippen molar-refractivity contribution in [1.82, 2.24) is 0 Å². The SMILES string of the molecule is NC(C1=CCCO1)c1ccc(Cl)c(Br)c1. The maximum absolute atomic E-state index is 6.06. The van der Waals surface area contributed by atoms with Crippen LogP contribution in [0.4, 0.5) is 0 Å². The average Bonchev–Trinajstić information content (AvgIpc) is 2.74. The van der Waals surface area contributed by atoms with E-state index in [1.165, 1.54) is 0 Å². The van der Waals surface area contributed by atoms with Crippen LogP contribution in [-0.2, 0) is 4.74 Å². The lowest BCUT2D eigenvalue weighted by Crippen LogP contribution is -2.13. The summed E-state index contributed by atoms with van der Waals surface area (Å²) in [6.07, 6.45) is 2.98. The van der Waals surface area contributed by atoms with E-state index in [9.17, 15) is 0 Å². The summed E-state index contributed by atoms with van der Waals surface area (Å²) in [5.41, 5.74) is 7.06. The number of nitrogens with two attached hydrogens (primary N) is 1. The molecule has 0 radical (unpaired) electrons. The van der Waals surface area contributed by atoms with Crippen LogP contribution in [0.1, 0.15) is 18.0 Å². The molecule has 1 aromatic rings. The fraction of sp³-hybridized carbons (Fsp3) is 0.273. The molecule has 1 heterocycles. The fourth-order valence-corrected chi connectivity index (χ4v) is 2.04. The molecule has 0 aromatic heterocycles. The Kier molecular flexibility index (Phi) is 3.34. The van der Waals surface area contributed by atoms with Gasteiger partial charge in [0.1, 0.15) is 5.76 Å². The lowest BCUT2D eigenvalue weighted by atomic mass is 10.1. The number of halogens is 2. The van der Waals surface area contributed by atoms with E-state index in [0.717, 1.165) is 28.8 Å². The Labute approximate surface area is 102 Å². The Hall–Kier alpha value is -0.510. The van der Waals surface area contributed by atoms with Gasteiger partial charge in [-0.25, -0.2) is 0 Å². The summed E-state index contributed by atoms with van der Waals surface area (Å²) in [7, 11) is 0. The van der Waals surface area contributed by atoms with Crippen LogP contribution in [0.25, 0.3) is 0 Å². The molecule has 1 aliphatic heterocycles. The molecule has 0 aliphatic carbocycles. The van der Waals surface area contributed by atoms with Crippen molar-refractivity contribution < 1.29 is 4.74 Å². The third-order valence-electron chi connectivity index (χ3n) is 2.34. The zero-order valence-electron chi connectivity index (χ0n) is 8.04. The van der Waals surface area contributed by atoms with Gasteiger partial charge >= 0.3 is 0 Å². The molecule has 2 rings (SSSR count). The zero-order valence-corrected chi connectivity index (χ0v) is 10.4. The van der Waals surface area contributed by atoms with Crippen molar-refractivity contribution in [3.63, 3.8) is 0 Å². The summed E-state index contributed by atoms with van der Waals surface area (Å²) in [6.45, 7) is 0.734. The second kappa shape index (κ2) is 4.56. The number of hydrogen-bond donors (Lipinski definition) is 1. The minimum absolute atomic E-state index is 0.193. The Bertz CT molecular complexity index is 406. The lowest BCUT2D eigenvalue weighted by molar-refractivity contribution is 0.225. The Morgan fingerprint density at radius 1 is 1.47 bits per heavy atom. The van der Waals surface area contributed by atoms with Crippen LogP contribution in [0.3, 0.4) is 0 Å². The van der Waals surface area contributed by atoms with Crippen molar-refractivity contribution in [2.45, 2.75) is 12.5 Å². The third kappa shape index (κ3) is 2.36. The highest BCUT2D eigenvalue weighted by atomic mass is 79.9. The van der Waals surface area contributed by atoms with E-state index in [0.29, 0.717) is 5.02 Å². The first-order valence-corrected chi connectivity index (χ1v) is 5.89. The van der Waals surface area contributed by atoms with Crippen molar-refractivity contribution >= 4 is 27.5 Å². The molecule has 2 N–H and O–H groups in total. The van der Waals surface area contributed by atoms with Gasteiger partial charge in [0, 0.05) is 10.9 Å². The van der Waals surface area contributed by atoms with Gasteiger partial charge in [0.15, 0.2) is 0 Å². The van der Waals surface area contributed by atoms with E-state index in [4.69, 9.17) is 22.1 Å². The first-order valence-electron chi connectivity index (χ1n) is 4.72. The van der Waals surface area contributed by atoms with Gasteiger partial charge in [-0.2, -0.15) is 0 Å². The summed E-state index contributed by atoms with van der Waals surface area (Å²) >= 11 is 9.29. The van der Waals surface area contributed by atoms with Crippen LogP contribution in [0.15, 0.2) is 34.5 Å². The average molecular weight is 289 g/mol. The van der Waals surface area contributed by atoms with E-state index in [-0.39, 0.29) is 6.04 Å². The minimum Gasteiger partial charge on any atom is -0.496 e. The normalized spacial score (nSPS) is 17.1. The van der Waals surface area contributed by atoms with Crippen molar-refractivity contribution in [3.05, 3.63) is 45.1 Å². The Balaban J connectivity index is 2.25. The topological polar surface area (TPSA) is 35.2 Å². The van der Waals surface area contributed by atoms with Gasteiger partial charge < -0.3 is 10.5 Å². The highest BCUT2D eigenvalue weighted by molar-refractivity contribution is 9.10. The smallest absolute Gasteiger partial charge is 0.113 e. The van der Waals surface area contributed by atoms with Crippen LogP contribution < -0.4 is 5.73 Å². The molecule has 4 heteroatoms. The summed E-state index contributed by atoms with van der Waals surface area (Å²) in [4.78, 5) is 0. The third-order valence-corrected chi connectivity index (χ3v) is 3.56. The van der Waals surface area contributed by atoms with Crippen molar-refractivity contribution in [1.29, 1.82) is 0 Å².